The fourth-order valence-electron chi connectivity index (χ4n) is 0.387. The molecular weight excluding hydrogens is 177 g/mol. The Hall–Kier alpha value is -1.33. The van der Waals surface area contributed by atoms with Crippen LogP contribution in [0, 0.1) is 0 Å². The third-order valence-electron chi connectivity index (χ3n) is 0.963. The van der Waals surface area contributed by atoms with Crippen LogP contribution in [-0.4, -0.2) is 25.0 Å². The van der Waals surface area contributed by atoms with E-state index in [-0.39, 0.29) is 0 Å². The lowest BCUT2D eigenvalue weighted by Gasteiger charge is -2.05. The van der Waals surface area contributed by atoms with Gasteiger partial charge in [-0.2, -0.15) is 13.2 Å². The molecule has 0 atom stereocenters. The number of ketones is 1. The highest BCUT2D eigenvalue weighted by molar-refractivity contribution is 6.18. The summed E-state index contributed by atoms with van der Waals surface area (Å²) in [5.41, 5.74) is -1.22. The Morgan fingerprint density at radius 3 is 2.00 bits per heavy atom. The zero-order valence-electron chi connectivity index (χ0n) is 6.07. The van der Waals surface area contributed by atoms with E-state index >= 15 is 0 Å². The third-order valence-corrected chi connectivity index (χ3v) is 0.963. The second kappa shape index (κ2) is 3.38. The van der Waals surface area contributed by atoms with Gasteiger partial charge >= 0.3 is 12.1 Å². The van der Waals surface area contributed by atoms with Gasteiger partial charge in [0.05, 0.1) is 7.11 Å². The van der Waals surface area contributed by atoms with Crippen LogP contribution < -0.4 is 0 Å². The topological polar surface area (TPSA) is 43.4 Å². The first-order valence-electron chi connectivity index (χ1n) is 2.69. The molecule has 12 heavy (non-hydrogen) atoms. The second-order valence-corrected chi connectivity index (χ2v) is 1.80. The number of carbonyl (C=O) groups is 2. The van der Waals surface area contributed by atoms with E-state index in [0.717, 1.165) is 7.11 Å². The Labute approximate surface area is 65.8 Å². The Kier molecular flexibility index (Phi) is 3.00. The molecule has 0 aromatic carbocycles. The maximum Gasteiger partial charge on any atom is 0.455 e. The first-order valence-corrected chi connectivity index (χ1v) is 2.69. The normalized spacial score (nSPS) is 10.7. The van der Waals surface area contributed by atoms with Crippen molar-refractivity contribution in [1.82, 2.24) is 0 Å². The van der Waals surface area contributed by atoms with Crippen LogP contribution in [0.2, 0.25) is 0 Å². The molecule has 0 aliphatic rings. The molecule has 0 rings (SSSR count). The van der Waals surface area contributed by atoms with Crippen molar-refractivity contribution in [1.29, 1.82) is 0 Å². The molecule has 0 unspecified atom stereocenters. The first kappa shape index (κ1) is 10.7. The van der Waals surface area contributed by atoms with Crippen molar-refractivity contribution in [3.63, 3.8) is 0 Å². The molecule has 0 fully saturated rings. The van der Waals surface area contributed by atoms with Gasteiger partial charge in [0.2, 0.25) is 0 Å². The van der Waals surface area contributed by atoms with Crippen LogP contribution in [0.3, 0.4) is 0 Å². The van der Waals surface area contributed by atoms with Gasteiger partial charge in [0.25, 0.3) is 5.78 Å². The van der Waals surface area contributed by atoms with Gasteiger partial charge in [-0.15, -0.1) is 0 Å². The lowest BCUT2D eigenvalue weighted by Crippen LogP contribution is -2.28. The summed E-state index contributed by atoms with van der Waals surface area (Å²) in [6, 6.07) is 0. The molecule has 0 bridgehead atoms. The summed E-state index contributed by atoms with van der Waals surface area (Å²) in [4.78, 5) is 20.6. The number of carbonyl (C=O) groups excluding carboxylic acids is 2. The minimum atomic E-state index is -5.08. The number of esters is 1. The van der Waals surface area contributed by atoms with Crippen molar-refractivity contribution in [2.45, 2.75) is 6.18 Å². The summed E-state index contributed by atoms with van der Waals surface area (Å²) in [7, 11) is 0.858. The highest BCUT2D eigenvalue weighted by Gasteiger charge is 2.42. The zero-order valence-corrected chi connectivity index (χ0v) is 6.07. The van der Waals surface area contributed by atoms with Crippen LogP contribution in [0.15, 0.2) is 12.2 Å². The quantitative estimate of drug-likeness (QED) is 0.275. The van der Waals surface area contributed by atoms with E-state index in [0.29, 0.717) is 0 Å². The largest absolute Gasteiger partial charge is 0.465 e. The number of hydrogen-bond donors (Lipinski definition) is 0. The summed E-state index contributed by atoms with van der Waals surface area (Å²) < 4.78 is 38.6. The number of hydrogen-bond acceptors (Lipinski definition) is 3. The standard InChI is InChI=1S/C6H5F3O3/c1-3(5(11)12-2)4(10)6(7,8)9/h1H2,2H3. The Balaban J connectivity index is 4.53. The predicted octanol–water partition coefficient (Wildman–Crippen LogP) is 0.847. The average Bonchev–Trinajstić information content (AvgIpc) is 1.98. The molecule has 0 aromatic rings. The number of alkyl halides is 3. The number of halogens is 3. The third kappa shape index (κ3) is 2.37. The molecule has 0 spiro atoms. The summed E-state index contributed by atoms with van der Waals surface area (Å²) in [6.45, 7) is 2.65. The molecule has 0 amide bonds. The smallest absolute Gasteiger partial charge is 0.455 e. The highest BCUT2D eigenvalue weighted by Crippen LogP contribution is 2.20. The lowest BCUT2D eigenvalue weighted by molar-refractivity contribution is -0.168. The molecular formula is C6H5F3O3. The lowest BCUT2D eigenvalue weighted by atomic mass is 10.2. The highest BCUT2D eigenvalue weighted by atomic mass is 19.4. The molecule has 0 saturated heterocycles. The van der Waals surface area contributed by atoms with E-state index < -0.39 is 23.5 Å². The van der Waals surface area contributed by atoms with Crippen LogP contribution in [0.1, 0.15) is 0 Å². The number of rotatable bonds is 2. The van der Waals surface area contributed by atoms with Gasteiger partial charge in [-0.25, -0.2) is 4.79 Å². The Bertz CT molecular complexity index is 229. The van der Waals surface area contributed by atoms with Gasteiger partial charge in [0.15, 0.2) is 0 Å². The monoisotopic (exact) mass is 182 g/mol. The summed E-state index contributed by atoms with van der Waals surface area (Å²) in [5.74, 6) is -3.66. The van der Waals surface area contributed by atoms with Crippen LogP contribution in [0.4, 0.5) is 13.2 Å². The van der Waals surface area contributed by atoms with Crippen molar-refractivity contribution < 1.29 is 27.5 Å². The Morgan fingerprint density at radius 1 is 1.33 bits per heavy atom. The number of methoxy groups -OCH3 is 1. The summed E-state index contributed by atoms with van der Waals surface area (Å²) in [5, 5.41) is 0. The second-order valence-electron chi connectivity index (χ2n) is 1.80. The molecule has 0 heterocycles. The molecule has 68 valence electrons. The van der Waals surface area contributed by atoms with Gasteiger partial charge in [0, 0.05) is 0 Å². The zero-order chi connectivity index (χ0) is 9.94. The molecule has 0 aliphatic carbocycles. The van der Waals surface area contributed by atoms with Gasteiger partial charge in [0.1, 0.15) is 5.57 Å². The average molecular weight is 182 g/mol. The molecule has 6 heteroatoms. The van der Waals surface area contributed by atoms with Gasteiger partial charge < -0.3 is 4.74 Å². The fourth-order valence-corrected chi connectivity index (χ4v) is 0.387. The predicted molar refractivity (Wildman–Crippen MR) is 32.2 cm³/mol. The number of Topliss-reactive ketones (excluding diaryl/α,β-unsaturated/α-hetero) is 1. The molecule has 0 N–H and O–H groups in total. The van der Waals surface area contributed by atoms with Gasteiger partial charge in [-0.1, -0.05) is 6.58 Å². The summed E-state index contributed by atoms with van der Waals surface area (Å²) in [6.07, 6.45) is -5.08. The SMILES string of the molecule is C=C(C(=O)OC)C(=O)C(F)(F)F. The minimum Gasteiger partial charge on any atom is -0.465 e. The fraction of sp³-hybridized carbons (Fsp3) is 0.333. The van der Waals surface area contributed by atoms with Crippen LogP contribution in [0.5, 0.6) is 0 Å². The van der Waals surface area contributed by atoms with E-state index in [4.69, 9.17) is 0 Å². The van der Waals surface area contributed by atoms with Crippen LogP contribution in [-0.2, 0) is 14.3 Å². The molecule has 0 aromatic heterocycles. The van der Waals surface area contributed by atoms with Crippen molar-refractivity contribution in [2.24, 2.45) is 0 Å². The van der Waals surface area contributed by atoms with Crippen molar-refractivity contribution in [2.75, 3.05) is 7.11 Å². The van der Waals surface area contributed by atoms with Crippen molar-refractivity contribution in [3.05, 3.63) is 12.2 Å². The van der Waals surface area contributed by atoms with E-state index in [2.05, 4.69) is 11.3 Å². The Morgan fingerprint density at radius 2 is 1.75 bits per heavy atom. The van der Waals surface area contributed by atoms with Crippen molar-refractivity contribution >= 4 is 11.8 Å². The molecule has 0 aliphatic heterocycles. The van der Waals surface area contributed by atoms with Crippen molar-refractivity contribution in [3.8, 4) is 0 Å². The molecule has 3 nitrogen and oxygen atoms in total. The van der Waals surface area contributed by atoms with E-state index in [1.807, 2.05) is 0 Å². The number of ether oxygens (including phenoxy) is 1. The van der Waals surface area contributed by atoms with Gasteiger partial charge in [-0.05, 0) is 0 Å². The van der Waals surface area contributed by atoms with Crippen LogP contribution >= 0.6 is 0 Å². The molecule has 0 saturated carbocycles. The van der Waals surface area contributed by atoms with Gasteiger partial charge in [-0.3, -0.25) is 4.79 Å². The van der Waals surface area contributed by atoms with E-state index in [1.165, 1.54) is 0 Å². The van der Waals surface area contributed by atoms with Crippen LogP contribution in [0.25, 0.3) is 0 Å². The van der Waals surface area contributed by atoms with E-state index in [9.17, 15) is 22.8 Å². The first-order chi connectivity index (χ1) is 5.30. The van der Waals surface area contributed by atoms with E-state index in [1.54, 1.807) is 0 Å². The maximum atomic E-state index is 11.6. The molecule has 0 radical (unpaired) electrons. The summed E-state index contributed by atoms with van der Waals surface area (Å²) >= 11 is 0. The minimum absolute atomic E-state index is 0.858. The maximum absolute atomic E-state index is 11.6.